The van der Waals surface area contributed by atoms with Crippen molar-refractivity contribution in [1.82, 2.24) is 0 Å². The van der Waals surface area contributed by atoms with Crippen molar-refractivity contribution in [3.05, 3.63) is 90.5 Å². The number of hydrogen-bond donors (Lipinski definition) is 0. The standard InChI is InChI=1S/C27H26N2O4/c1-2-3-18-32-22-16-14-19(15-17-22)24-23-25(33-29(24)21-12-8-5-9-13-21)27(31)28(26(23)30)20-10-6-4-7-11-20/h4-17,23-25H,2-3,18H2,1H3/t23-,24-,25-/m0/s1. The number of hydroxylamine groups is 1. The topological polar surface area (TPSA) is 59.1 Å². The Bertz CT molecular complexity index is 1120. The predicted molar refractivity (Wildman–Crippen MR) is 126 cm³/mol. The number of hydrogen-bond acceptors (Lipinski definition) is 5. The van der Waals surface area contributed by atoms with Crippen LogP contribution in [0.25, 0.3) is 0 Å². The molecule has 2 fully saturated rings. The lowest BCUT2D eigenvalue weighted by Crippen LogP contribution is -2.37. The van der Waals surface area contributed by atoms with Gasteiger partial charge in [0.25, 0.3) is 5.91 Å². The molecule has 6 heteroatoms. The number of para-hydroxylation sites is 2. The predicted octanol–water partition coefficient (Wildman–Crippen LogP) is 4.92. The molecule has 0 radical (unpaired) electrons. The first-order valence-corrected chi connectivity index (χ1v) is 11.4. The highest BCUT2D eigenvalue weighted by Crippen LogP contribution is 2.47. The van der Waals surface area contributed by atoms with E-state index in [4.69, 9.17) is 9.57 Å². The van der Waals surface area contributed by atoms with E-state index in [2.05, 4.69) is 6.92 Å². The molecule has 0 spiro atoms. The van der Waals surface area contributed by atoms with Gasteiger partial charge in [-0.3, -0.25) is 14.4 Å². The van der Waals surface area contributed by atoms with Gasteiger partial charge in [-0.25, -0.2) is 9.96 Å². The Morgan fingerprint density at radius 2 is 1.45 bits per heavy atom. The van der Waals surface area contributed by atoms with E-state index in [1.165, 1.54) is 4.90 Å². The molecular weight excluding hydrogens is 416 g/mol. The summed E-state index contributed by atoms with van der Waals surface area (Å²) in [5.74, 6) is -0.444. The molecule has 2 heterocycles. The smallest absolute Gasteiger partial charge is 0.266 e. The fourth-order valence-corrected chi connectivity index (χ4v) is 4.48. The first kappa shape index (κ1) is 21.2. The summed E-state index contributed by atoms with van der Waals surface area (Å²) in [7, 11) is 0. The maximum Gasteiger partial charge on any atom is 0.266 e. The summed E-state index contributed by atoms with van der Waals surface area (Å²) >= 11 is 0. The number of nitrogens with zero attached hydrogens (tertiary/aromatic N) is 2. The van der Waals surface area contributed by atoms with Gasteiger partial charge in [-0.2, -0.15) is 0 Å². The first-order valence-electron chi connectivity index (χ1n) is 11.4. The SMILES string of the molecule is CCCCOc1ccc([C@H]2[C@@H]3C(=O)N(c4ccccc4)C(=O)[C@H]3ON2c2ccccc2)cc1. The van der Waals surface area contributed by atoms with Crippen molar-refractivity contribution in [1.29, 1.82) is 0 Å². The van der Waals surface area contributed by atoms with Crippen LogP contribution in [0, 0.1) is 5.92 Å². The highest BCUT2D eigenvalue weighted by molar-refractivity contribution is 6.23. The highest BCUT2D eigenvalue weighted by Gasteiger charge is 2.60. The van der Waals surface area contributed by atoms with E-state index < -0.39 is 18.1 Å². The van der Waals surface area contributed by atoms with Crippen molar-refractivity contribution in [2.24, 2.45) is 5.92 Å². The minimum Gasteiger partial charge on any atom is -0.494 e. The van der Waals surface area contributed by atoms with Gasteiger partial charge < -0.3 is 4.74 Å². The second kappa shape index (κ2) is 9.08. The summed E-state index contributed by atoms with van der Waals surface area (Å²) in [6.07, 6.45) is 1.19. The Kier molecular flexibility index (Phi) is 5.84. The van der Waals surface area contributed by atoms with Crippen LogP contribution in [0.15, 0.2) is 84.9 Å². The van der Waals surface area contributed by atoms with Crippen LogP contribution in [-0.2, 0) is 14.4 Å². The molecule has 33 heavy (non-hydrogen) atoms. The van der Waals surface area contributed by atoms with Gasteiger partial charge in [-0.05, 0) is 48.4 Å². The summed E-state index contributed by atoms with van der Waals surface area (Å²) in [5, 5.41) is 1.71. The van der Waals surface area contributed by atoms with Crippen molar-refractivity contribution in [2.45, 2.75) is 31.9 Å². The third kappa shape index (κ3) is 3.87. The summed E-state index contributed by atoms with van der Waals surface area (Å²) < 4.78 is 5.80. The van der Waals surface area contributed by atoms with Gasteiger partial charge in [0.15, 0.2) is 6.10 Å². The lowest BCUT2D eigenvalue weighted by molar-refractivity contribution is -0.126. The molecule has 0 unspecified atom stereocenters. The average Bonchev–Trinajstić information content (AvgIpc) is 3.37. The molecule has 5 rings (SSSR count). The molecule has 2 saturated heterocycles. The second-order valence-corrected chi connectivity index (χ2v) is 8.28. The summed E-state index contributed by atoms with van der Waals surface area (Å²) in [5.41, 5.74) is 2.26. The number of unbranched alkanes of at least 4 members (excludes halogenated alkanes) is 1. The van der Waals surface area contributed by atoms with Gasteiger partial charge in [-0.15, -0.1) is 0 Å². The molecular formula is C27H26N2O4. The van der Waals surface area contributed by atoms with Crippen molar-refractivity contribution >= 4 is 23.2 Å². The van der Waals surface area contributed by atoms with Crippen LogP contribution in [0.2, 0.25) is 0 Å². The quantitative estimate of drug-likeness (QED) is 0.384. The van der Waals surface area contributed by atoms with E-state index in [0.717, 1.165) is 29.8 Å². The first-order chi connectivity index (χ1) is 16.2. The Labute approximate surface area is 193 Å². The highest BCUT2D eigenvalue weighted by atomic mass is 16.7. The normalized spacial score (nSPS) is 22.0. The Balaban J connectivity index is 1.50. The zero-order chi connectivity index (χ0) is 22.8. The summed E-state index contributed by atoms with van der Waals surface area (Å²) in [4.78, 5) is 34.3. The maximum atomic E-state index is 13.6. The third-order valence-electron chi connectivity index (χ3n) is 6.13. The molecule has 2 aliphatic heterocycles. The average molecular weight is 443 g/mol. The number of ether oxygens (including phenoxy) is 1. The van der Waals surface area contributed by atoms with Crippen LogP contribution in [0.3, 0.4) is 0 Å². The zero-order valence-electron chi connectivity index (χ0n) is 18.5. The Hall–Kier alpha value is -3.64. The zero-order valence-corrected chi connectivity index (χ0v) is 18.5. The van der Waals surface area contributed by atoms with Gasteiger partial charge in [-0.1, -0.05) is 61.9 Å². The van der Waals surface area contributed by atoms with Crippen LogP contribution in [0.4, 0.5) is 11.4 Å². The third-order valence-corrected chi connectivity index (χ3v) is 6.13. The van der Waals surface area contributed by atoms with E-state index in [0.29, 0.717) is 12.3 Å². The molecule has 3 aromatic carbocycles. The molecule has 0 bridgehead atoms. The van der Waals surface area contributed by atoms with E-state index in [-0.39, 0.29) is 11.8 Å². The fraction of sp³-hybridized carbons (Fsp3) is 0.259. The number of anilines is 2. The van der Waals surface area contributed by atoms with E-state index >= 15 is 0 Å². The minimum atomic E-state index is -0.872. The monoisotopic (exact) mass is 442 g/mol. The van der Waals surface area contributed by atoms with Gasteiger partial charge >= 0.3 is 0 Å². The number of benzene rings is 3. The fourth-order valence-electron chi connectivity index (χ4n) is 4.48. The van der Waals surface area contributed by atoms with Crippen molar-refractivity contribution < 1.29 is 19.2 Å². The molecule has 3 atom stereocenters. The van der Waals surface area contributed by atoms with Crippen LogP contribution < -0.4 is 14.7 Å². The molecule has 0 saturated carbocycles. The number of imide groups is 1. The van der Waals surface area contributed by atoms with E-state index in [9.17, 15) is 9.59 Å². The van der Waals surface area contributed by atoms with Crippen molar-refractivity contribution in [2.75, 3.05) is 16.6 Å². The van der Waals surface area contributed by atoms with Gasteiger partial charge in [0, 0.05) is 0 Å². The van der Waals surface area contributed by atoms with E-state index in [1.54, 1.807) is 17.2 Å². The Morgan fingerprint density at radius 3 is 2.09 bits per heavy atom. The second-order valence-electron chi connectivity index (χ2n) is 8.28. The molecule has 0 aliphatic carbocycles. The van der Waals surface area contributed by atoms with Crippen molar-refractivity contribution in [3.63, 3.8) is 0 Å². The molecule has 3 aromatic rings. The molecule has 2 aliphatic rings. The number of carbonyl (C=O) groups excluding carboxylic acids is 2. The molecule has 2 amide bonds. The van der Waals surface area contributed by atoms with Crippen molar-refractivity contribution in [3.8, 4) is 5.75 Å². The number of carbonyl (C=O) groups is 2. The van der Waals surface area contributed by atoms with E-state index in [1.807, 2.05) is 72.8 Å². The minimum absolute atomic E-state index is 0.247. The lowest BCUT2D eigenvalue weighted by Gasteiger charge is -2.28. The molecule has 0 aromatic heterocycles. The summed E-state index contributed by atoms with van der Waals surface area (Å²) in [6, 6.07) is 25.9. The van der Waals surface area contributed by atoms with Gasteiger partial charge in [0.2, 0.25) is 5.91 Å². The summed E-state index contributed by atoms with van der Waals surface area (Å²) in [6.45, 7) is 2.79. The maximum absolute atomic E-state index is 13.6. The van der Waals surface area contributed by atoms with Crippen LogP contribution in [0.1, 0.15) is 31.4 Å². The molecule has 168 valence electrons. The lowest BCUT2D eigenvalue weighted by atomic mass is 9.90. The van der Waals surface area contributed by atoms with Crippen LogP contribution in [0.5, 0.6) is 5.75 Å². The number of amides is 2. The Morgan fingerprint density at radius 1 is 0.818 bits per heavy atom. The molecule has 0 N–H and O–H groups in total. The van der Waals surface area contributed by atoms with Crippen LogP contribution in [-0.4, -0.2) is 24.5 Å². The largest absolute Gasteiger partial charge is 0.494 e. The molecule has 6 nitrogen and oxygen atoms in total. The number of fused-ring (bicyclic) bond motifs is 1. The van der Waals surface area contributed by atoms with Gasteiger partial charge in [0.1, 0.15) is 11.7 Å². The van der Waals surface area contributed by atoms with Crippen LogP contribution >= 0.6 is 0 Å². The van der Waals surface area contributed by atoms with Gasteiger partial charge in [0.05, 0.1) is 24.0 Å². The number of rotatable bonds is 7.